The number of para-hydroxylation sites is 1. The van der Waals surface area contributed by atoms with Crippen LogP contribution in [0.3, 0.4) is 0 Å². The zero-order valence-corrected chi connectivity index (χ0v) is 22.5. The van der Waals surface area contributed by atoms with Crippen LogP contribution < -0.4 is 4.74 Å². The third-order valence-electron chi connectivity index (χ3n) is 6.85. The van der Waals surface area contributed by atoms with Gasteiger partial charge < -0.3 is 23.8 Å². The third kappa shape index (κ3) is 6.58. The number of aromatic nitrogens is 1. The highest BCUT2D eigenvalue weighted by Gasteiger charge is 2.42. The van der Waals surface area contributed by atoms with Crippen LogP contribution in [-0.4, -0.2) is 65.7 Å². The minimum atomic E-state index is -1.03. The zero-order valence-electron chi connectivity index (χ0n) is 21.7. The molecule has 0 saturated carbocycles. The highest BCUT2D eigenvalue weighted by atomic mass is 35.5. The number of ether oxygens (including phenoxy) is 2. The molecule has 4 aromatic rings. The fourth-order valence-corrected chi connectivity index (χ4v) is 4.85. The Kier molecular flexibility index (Phi) is 8.14. The quantitative estimate of drug-likeness (QED) is 0.301. The maximum absolute atomic E-state index is 13.4. The molecule has 5 rings (SSSR count). The van der Waals surface area contributed by atoms with Crippen molar-refractivity contribution in [2.45, 2.75) is 25.0 Å². The van der Waals surface area contributed by atoms with E-state index in [-0.39, 0.29) is 44.4 Å². The molecule has 1 aliphatic heterocycles. The Morgan fingerprint density at radius 3 is 2.59 bits per heavy atom. The molecule has 2 amide bonds. The number of morpholine rings is 1. The fraction of sp³-hybridized carbons (Fsp3) is 0.300. The lowest BCUT2D eigenvalue weighted by Crippen LogP contribution is -2.58. The molecule has 0 bridgehead atoms. The fourth-order valence-electron chi connectivity index (χ4n) is 4.73. The molecule has 2 heterocycles. The molecule has 0 spiro atoms. The average molecular weight is 548 g/mol. The lowest BCUT2D eigenvalue weighted by atomic mass is 9.96. The lowest BCUT2D eigenvalue weighted by Gasteiger charge is -2.42. The Hall–Kier alpha value is -3.88. The minimum Gasteiger partial charge on any atom is -0.490 e. The first kappa shape index (κ1) is 26.7. The first-order valence-electron chi connectivity index (χ1n) is 12.8. The normalized spacial score (nSPS) is 17.2. The van der Waals surface area contributed by atoms with Crippen molar-refractivity contribution in [2.75, 3.05) is 33.4 Å². The maximum atomic E-state index is 13.4. The molecule has 1 aromatic heterocycles. The molecule has 1 saturated heterocycles. The van der Waals surface area contributed by atoms with E-state index in [1.54, 1.807) is 41.1 Å². The average Bonchev–Trinajstić information content (AvgIpc) is 3.36. The molecule has 0 unspecified atom stereocenters. The number of hydrogen-bond donors (Lipinski definition) is 0. The summed E-state index contributed by atoms with van der Waals surface area (Å²) in [6.45, 7) is 1.46. The van der Waals surface area contributed by atoms with Crippen LogP contribution in [0.5, 0.6) is 5.75 Å². The molecule has 9 heteroatoms. The molecule has 0 aliphatic carbocycles. The Morgan fingerprint density at radius 2 is 1.79 bits per heavy atom. The van der Waals surface area contributed by atoms with Crippen LogP contribution in [-0.2, 0) is 27.3 Å². The summed E-state index contributed by atoms with van der Waals surface area (Å²) in [7, 11) is 1.77. The van der Waals surface area contributed by atoms with Crippen molar-refractivity contribution in [2.24, 2.45) is 0 Å². The summed E-state index contributed by atoms with van der Waals surface area (Å²) in [6, 6.07) is 24.3. The Labute approximate surface area is 232 Å². The maximum Gasteiger partial charge on any atom is 0.228 e. The van der Waals surface area contributed by atoms with E-state index in [0.29, 0.717) is 35.1 Å². The van der Waals surface area contributed by atoms with Gasteiger partial charge in [-0.05, 0) is 42.0 Å². The number of fused-ring (bicyclic) bond motifs is 1. The van der Waals surface area contributed by atoms with Crippen molar-refractivity contribution in [1.82, 2.24) is 15.0 Å². The first-order valence-corrected chi connectivity index (χ1v) is 13.2. The largest absolute Gasteiger partial charge is 0.490 e. The summed E-state index contributed by atoms with van der Waals surface area (Å²) >= 11 is 6.02. The zero-order chi connectivity index (χ0) is 27.2. The molecular formula is C30H30ClN3O5. The van der Waals surface area contributed by atoms with Gasteiger partial charge in [0.1, 0.15) is 23.7 Å². The van der Waals surface area contributed by atoms with Gasteiger partial charge in [-0.3, -0.25) is 9.59 Å². The van der Waals surface area contributed by atoms with E-state index in [9.17, 15) is 9.59 Å². The molecule has 1 atom stereocenters. The first-order chi connectivity index (χ1) is 18.9. The van der Waals surface area contributed by atoms with Gasteiger partial charge in [-0.15, -0.1) is 0 Å². The molecule has 1 fully saturated rings. The number of halogens is 1. The van der Waals surface area contributed by atoms with E-state index in [1.165, 1.54) is 0 Å². The van der Waals surface area contributed by atoms with Crippen LogP contribution in [0.15, 0.2) is 83.4 Å². The van der Waals surface area contributed by atoms with E-state index >= 15 is 0 Å². The van der Waals surface area contributed by atoms with Crippen molar-refractivity contribution >= 4 is 34.4 Å². The van der Waals surface area contributed by atoms with E-state index in [4.69, 9.17) is 25.6 Å². The number of hydrogen-bond acceptors (Lipinski definition) is 6. The summed E-state index contributed by atoms with van der Waals surface area (Å²) < 4.78 is 17.7. The second-order valence-corrected chi connectivity index (χ2v) is 10.2. The topological polar surface area (TPSA) is 85.1 Å². The molecule has 0 N–H and O–H groups in total. The molecule has 0 radical (unpaired) electrons. The van der Waals surface area contributed by atoms with Crippen LogP contribution in [0.4, 0.5) is 0 Å². The van der Waals surface area contributed by atoms with Crippen LogP contribution >= 0.6 is 11.6 Å². The van der Waals surface area contributed by atoms with Crippen LogP contribution in [0.25, 0.3) is 11.0 Å². The minimum absolute atomic E-state index is 0.0561. The highest BCUT2D eigenvalue weighted by molar-refractivity contribution is 6.30. The standard InChI is InChI=1S/C30H30ClN3O5/c1-33(19-22-7-3-2-4-8-22)29(36)18-30(21-37-24-13-11-23(31)12-14-24)20-34(15-16-38-30)28(35)17-26-25-9-5-6-10-27(25)39-32-26/h2-14H,15-21H2,1H3/t30-/m1/s1. The number of carbonyl (C=O) groups excluding carboxylic acids is 2. The lowest BCUT2D eigenvalue weighted by molar-refractivity contribution is -0.165. The number of carbonyl (C=O) groups is 2. The Morgan fingerprint density at radius 1 is 1.05 bits per heavy atom. The highest BCUT2D eigenvalue weighted by Crippen LogP contribution is 2.27. The number of rotatable bonds is 9. The van der Waals surface area contributed by atoms with Crippen LogP contribution in [0.2, 0.25) is 5.02 Å². The second kappa shape index (κ2) is 11.9. The van der Waals surface area contributed by atoms with Gasteiger partial charge in [-0.2, -0.15) is 0 Å². The monoisotopic (exact) mass is 547 g/mol. The van der Waals surface area contributed by atoms with Gasteiger partial charge in [0.05, 0.1) is 26.0 Å². The Balaban J connectivity index is 1.32. The van der Waals surface area contributed by atoms with Crippen molar-refractivity contribution in [3.63, 3.8) is 0 Å². The van der Waals surface area contributed by atoms with E-state index in [1.807, 2.05) is 54.6 Å². The third-order valence-corrected chi connectivity index (χ3v) is 7.10. The van der Waals surface area contributed by atoms with Crippen molar-refractivity contribution in [3.8, 4) is 5.75 Å². The summed E-state index contributed by atoms with van der Waals surface area (Å²) in [5, 5.41) is 5.52. The number of nitrogens with zero attached hydrogens (tertiary/aromatic N) is 3. The summed E-state index contributed by atoms with van der Waals surface area (Å²) in [6.07, 6.45) is 0.146. The van der Waals surface area contributed by atoms with E-state index in [0.717, 1.165) is 10.9 Å². The molecule has 202 valence electrons. The summed E-state index contributed by atoms with van der Waals surface area (Å²) in [5.41, 5.74) is 1.23. The van der Waals surface area contributed by atoms with Gasteiger partial charge in [0, 0.05) is 30.5 Å². The Bertz CT molecular complexity index is 1430. The van der Waals surface area contributed by atoms with Crippen LogP contribution in [0, 0.1) is 0 Å². The van der Waals surface area contributed by atoms with Crippen molar-refractivity contribution < 1.29 is 23.6 Å². The number of amides is 2. The van der Waals surface area contributed by atoms with E-state index < -0.39 is 5.60 Å². The molecule has 39 heavy (non-hydrogen) atoms. The van der Waals surface area contributed by atoms with Gasteiger partial charge >= 0.3 is 0 Å². The SMILES string of the molecule is CN(Cc1ccccc1)C(=O)C[C@]1(COc2ccc(Cl)cc2)CN(C(=O)Cc2noc3ccccc23)CCO1. The predicted octanol–water partition coefficient (Wildman–Crippen LogP) is 4.75. The van der Waals surface area contributed by atoms with E-state index in [2.05, 4.69) is 5.16 Å². The summed E-state index contributed by atoms with van der Waals surface area (Å²) in [5.74, 6) is 0.388. The van der Waals surface area contributed by atoms with Crippen molar-refractivity contribution in [3.05, 3.63) is 95.1 Å². The van der Waals surface area contributed by atoms with Gasteiger partial charge in [0.15, 0.2) is 5.58 Å². The second-order valence-electron chi connectivity index (χ2n) is 9.80. The number of benzene rings is 3. The van der Waals surface area contributed by atoms with Gasteiger partial charge in [0.25, 0.3) is 0 Å². The summed E-state index contributed by atoms with van der Waals surface area (Å²) in [4.78, 5) is 30.2. The molecule has 3 aromatic carbocycles. The van der Waals surface area contributed by atoms with Crippen molar-refractivity contribution in [1.29, 1.82) is 0 Å². The van der Waals surface area contributed by atoms with Crippen LogP contribution in [0.1, 0.15) is 17.7 Å². The smallest absolute Gasteiger partial charge is 0.228 e. The van der Waals surface area contributed by atoms with Gasteiger partial charge in [-0.25, -0.2) is 0 Å². The predicted molar refractivity (Wildman–Crippen MR) is 147 cm³/mol. The molecule has 1 aliphatic rings. The molecule has 8 nitrogen and oxygen atoms in total. The van der Waals surface area contributed by atoms with Gasteiger partial charge in [-0.1, -0.05) is 59.2 Å². The van der Waals surface area contributed by atoms with Gasteiger partial charge in [0.2, 0.25) is 11.8 Å². The molecular weight excluding hydrogens is 518 g/mol.